The maximum atomic E-state index is 6.10. The maximum absolute atomic E-state index is 6.10. The third-order valence-electron chi connectivity index (χ3n) is 3.43. The van der Waals surface area contributed by atoms with Gasteiger partial charge in [0.15, 0.2) is 0 Å². The van der Waals surface area contributed by atoms with Crippen LogP contribution in [0.15, 0.2) is 53.0 Å². The fraction of sp³-hybridized carbons (Fsp3) is 0.118. The molecule has 106 valence electrons. The van der Waals surface area contributed by atoms with Crippen molar-refractivity contribution in [3.63, 3.8) is 0 Å². The SMILES string of the molecule is COc1ccc(Cc2cc3cccc(Br)c3c(N)n2)cc1. The highest BCUT2D eigenvalue weighted by Gasteiger charge is 2.07. The molecule has 0 unspecified atom stereocenters. The van der Waals surface area contributed by atoms with Crippen LogP contribution in [0.25, 0.3) is 10.8 Å². The van der Waals surface area contributed by atoms with E-state index in [0.717, 1.165) is 33.1 Å². The fourth-order valence-corrected chi connectivity index (χ4v) is 2.98. The number of nitrogens with zero attached hydrogens (tertiary/aromatic N) is 1. The van der Waals surface area contributed by atoms with E-state index < -0.39 is 0 Å². The molecule has 1 aromatic heterocycles. The number of nitrogen functional groups attached to an aromatic ring is 1. The molecular formula is C17H15BrN2O. The topological polar surface area (TPSA) is 48.1 Å². The van der Waals surface area contributed by atoms with Crippen LogP contribution < -0.4 is 10.5 Å². The monoisotopic (exact) mass is 342 g/mol. The number of anilines is 1. The second-order valence-corrected chi connectivity index (χ2v) is 5.72. The molecule has 0 saturated heterocycles. The molecule has 0 radical (unpaired) electrons. The number of methoxy groups -OCH3 is 1. The Kier molecular flexibility index (Phi) is 3.80. The number of rotatable bonds is 3. The zero-order valence-corrected chi connectivity index (χ0v) is 13.2. The van der Waals surface area contributed by atoms with E-state index in [4.69, 9.17) is 10.5 Å². The number of benzene rings is 2. The molecule has 1 heterocycles. The first-order valence-corrected chi connectivity index (χ1v) is 7.43. The molecule has 0 amide bonds. The van der Waals surface area contributed by atoms with Crippen LogP contribution in [-0.4, -0.2) is 12.1 Å². The lowest BCUT2D eigenvalue weighted by molar-refractivity contribution is 0.414. The summed E-state index contributed by atoms with van der Waals surface area (Å²) in [5.74, 6) is 1.41. The minimum absolute atomic E-state index is 0.559. The van der Waals surface area contributed by atoms with Crippen molar-refractivity contribution < 1.29 is 4.74 Å². The molecule has 0 spiro atoms. The molecule has 0 aliphatic carbocycles. The summed E-state index contributed by atoms with van der Waals surface area (Å²) in [5.41, 5.74) is 8.24. The molecule has 3 aromatic rings. The number of pyridine rings is 1. The lowest BCUT2D eigenvalue weighted by atomic mass is 10.1. The Morgan fingerprint density at radius 1 is 1.14 bits per heavy atom. The molecule has 0 fully saturated rings. The standard InChI is InChI=1S/C17H15BrN2O/c1-21-14-7-5-11(6-8-14)9-13-10-12-3-2-4-15(18)16(12)17(19)20-13/h2-8,10H,9H2,1H3,(H2,19,20). The van der Waals surface area contributed by atoms with E-state index in [9.17, 15) is 0 Å². The highest BCUT2D eigenvalue weighted by molar-refractivity contribution is 9.10. The summed E-state index contributed by atoms with van der Waals surface area (Å²) >= 11 is 3.52. The summed E-state index contributed by atoms with van der Waals surface area (Å²) in [4.78, 5) is 4.52. The second kappa shape index (κ2) is 5.74. The summed E-state index contributed by atoms with van der Waals surface area (Å²) in [6, 6.07) is 16.1. The van der Waals surface area contributed by atoms with E-state index in [1.165, 1.54) is 5.56 Å². The highest BCUT2D eigenvalue weighted by atomic mass is 79.9. The number of ether oxygens (including phenoxy) is 1. The Bertz CT molecular complexity index is 785. The molecule has 0 atom stereocenters. The lowest BCUT2D eigenvalue weighted by Gasteiger charge is -2.08. The van der Waals surface area contributed by atoms with Gasteiger partial charge in [0.05, 0.1) is 7.11 Å². The van der Waals surface area contributed by atoms with E-state index >= 15 is 0 Å². The molecule has 2 N–H and O–H groups in total. The summed E-state index contributed by atoms with van der Waals surface area (Å²) < 4.78 is 6.14. The van der Waals surface area contributed by atoms with Crippen LogP contribution in [0.2, 0.25) is 0 Å². The third kappa shape index (κ3) is 2.85. The van der Waals surface area contributed by atoms with Crippen molar-refractivity contribution in [3.05, 3.63) is 64.3 Å². The minimum Gasteiger partial charge on any atom is -0.497 e. The number of hydrogen-bond acceptors (Lipinski definition) is 3. The first kappa shape index (κ1) is 13.9. The van der Waals surface area contributed by atoms with E-state index in [1.54, 1.807) is 7.11 Å². The molecule has 0 aliphatic rings. The zero-order chi connectivity index (χ0) is 14.8. The van der Waals surface area contributed by atoms with E-state index in [-0.39, 0.29) is 0 Å². The van der Waals surface area contributed by atoms with Gasteiger partial charge in [-0.05, 0) is 35.2 Å². The third-order valence-corrected chi connectivity index (χ3v) is 4.09. The van der Waals surface area contributed by atoms with Crippen molar-refractivity contribution in [1.29, 1.82) is 0 Å². The zero-order valence-electron chi connectivity index (χ0n) is 11.6. The Balaban J connectivity index is 1.97. The van der Waals surface area contributed by atoms with E-state index in [1.807, 2.05) is 36.4 Å². The molecule has 0 aliphatic heterocycles. The van der Waals surface area contributed by atoms with Crippen LogP contribution >= 0.6 is 15.9 Å². The first-order valence-electron chi connectivity index (χ1n) is 6.64. The van der Waals surface area contributed by atoms with Gasteiger partial charge in [0, 0.05) is 22.0 Å². The van der Waals surface area contributed by atoms with Crippen molar-refractivity contribution in [2.45, 2.75) is 6.42 Å². The van der Waals surface area contributed by atoms with E-state index in [2.05, 4.69) is 33.0 Å². The smallest absolute Gasteiger partial charge is 0.132 e. The second-order valence-electron chi connectivity index (χ2n) is 4.86. The number of halogens is 1. The van der Waals surface area contributed by atoms with Gasteiger partial charge in [0.1, 0.15) is 11.6 Å². The van der Waals surface area contributed by atoms with Gasteiger partial charge in [-0.3, -0.25) is 0 Å². The Labute approximate surface area is 131 Å². The number of nitrogens with two attached hydrogens (primary N) is 1. The van der Waals surface area contributed by atoms with Gasteiger partial charge in [-0.2, -0.15) is 0 Å². The minimum atomic E-state index is 0.559. The fourth-order valence-electron chi connectivity index (χ4n) is 2.40. The van der Waals surface area contributed by atoms with Gasteiger partial charge in [-0.1, -0.05) is 40.2 Å². The van der Waals surface area contributed by atoms with Gasteiger partial charge < -0.3 is 10.5 Å². The van der Waals surface area contributed by atoms with Crippen molar-refractivity contribution in [2.75, 3.05) is 12.8 Å². The number of fused-ring (bicyclic) bond motifs is 1. The largest absolute Gasteiger partial charge is 0.497 e. The van der Waals surface area contributed by atoms with Gasteiger partial charge in [0.2, 0.25) is 0 Å². The summed E-state index contributed by atoms with van der Waals surface area (Å²) in [7, 11) is 1.67. The van der Waals surface area contributed by atoms with Crippen LogP contribution in [0, 0.1) is 0 Å². The Morgan fingerprint density at radius 3 is 2.62 bits per heavy atom. The predicted molar refractivity (Wildman–Crippen MR) is 89.7 cm³/mol. The van der Waals surface area contributed by atoms with Gasteiger partial charge in [-0.15, -0.1) is 0 Å². The summed E-state index contributed by atoms with van der Waals surface area (Å²) in [5, 5.41) is 2.07. The average molecular weight is 343 g/mol. The van der Waals surface area contributed by atoms with Crippen LogP contribution in [-0.2, 0) is 6.42 Å². The molecule has 3 nitrogen and oxygen atoms in total. The molecular weight excluding hydrogens is 328 g/mol. The summed E-state index contributed by atoms with van der Waals surface area (Å²) in [6.45, 7) is 0. The van der Waals surface area contributed by atoms with Crippen LogP contribution in [0.1, 0.15) is 11.3 Å². The normalized spacial score (nSPS) is 10.8. The Morgan fingerprint density at radius 2 is 1.90 bits per heavy atom. The Hall–Kier alpha value is -2.07. The molecule has 4 heteroatoms. The highest BCUT2D eigenvalue weighted by Crippen LogP contribution is 2.29. The number of hydrogen-bond donors (Lipinski definition) is 1. The van der Waals surface area contributed by atoms with Gasteiger partial charge >= 0.3 is 0 Å². The molecule has 0 saturated carbocycles. The maximum Gasteiger partial charge on any atom is 0.132 e. The van der Waals surface area contributed by atoms with Crippen LogP contribution in [0.5, 0.6) is 5.75 Å². The van der Waals surface area contributed by atoms with Crippen molar-refractivity contribution in [3.8, 4) is 5.75 Å². The van der Waals surface area contributed by atoms with Crippen molar-refractivity contribution in [1.82, 2.24) is 4.98 Å². The van der Waals surface area contributed by atoms with Gasteiger partial charge in [0.25, 0.3) is 0 Å². The molecule has 21 heavy (non-hydrogen) atoms. The average Bonchev–Trinajstić information content (AvgIpc) is 2.48. The van der Waals surface area contributed by atoms with Crippen LogP contribution in [0.3, 0.4) is 0 Å². The molecule has 2 aromatic carbocycles. The lowest BCUT2D eigenvalue weighted by Crippen LogP contribution is -1.99. The van der Waals surface area contributed by atoms with Gasteiger partial charge in [-0.25, -0.2) is 4.98 Å². The first-order chi connectivity index (χ1) is 10.2. The van der Waals surface area contributed by atoms with Crippen LogP contribution in [0.4, 0.5) is 5.82 Å². The van der Waals surface area contributed by atoms with Crippen molar-refractivity contribution in [2.24, 2.45) is 0 Å². The number of aromatic nitrogens is 1. The molecule has 3 rings (SSSR count). The van der Waals surface area contributed by atoms with E-state index in [0.29, 0.717) is 5.82 Å². The summed E-state index contributed by atoms with van der Waals surface area (Å²) in [6.07, 6.45) is 0.747. The molecule has 0 bridgehead atoms. The van der Waals surface area contributed by atoms with Crippen molar-refractivity contribution >= 4 is 32.5 Å². The predicted octanol–water partition coefficient (Wildman–Crippen LogP) is 4.18. The quantitative estimate of drug-likeness (QED) is 0.776.